The summed E-state index contributed by atoms with van der Waals surface area (Å²) in [5.74, 6) is 0.306. The van der Waals surface area contributed by atoms with E-state index >= 15 is 0 Å². The molecule has 7 heteroatoms. The van der Waals surface area contributed by atoms with Crippen molar-refractivity contribution in [3.05, 3.63) is 84.1 Å². The second-order valence-electron chi connectivity index (χ2n) is 7.61. The van der Waals surface area contributed by atoms with Gasteiger partial charge in [-0.2, -0.15) is 0 Å². The van der Waals surface area contributed by atoms with Crippen molar-refractivity contribution in [3.63, 3.8) is 0 Å². The fourth-order valence-corrected chi connectivity index (χ4v) is 3.45. The van der Waals surface area contributed by atoms with Crippen LogP contribution in [0.3, 0.4) is 0 Å². The van der Waals surface area contributed by atoms with Gasteiger partial charge >= 0.3 is 5.97 Å². The number of amides is 1. The highest BCUT2D eigenvalue weighted by molar-refractivity contribution is 5.94. The van der Waals surface area contributed by atoms with E-state index in [0.717, 1.165) is 16.8 Å². The van der Waals surface area contributed by atoms with E-state index in [1.807, 2.05) is 61.5 Å². The normalized spacial score (nSPS) is 11.5. The smallest absolute Gasteiger partial charge is 0.323 e. The molecule has 0 bridgehead atoms. The van der Waals surface area contributed by atoms with Gasteiger partial charge in [0.2, 0.25) is 0 Å². The Morgan fingerprint density at radius 1 is 0.971 bits per heavy atom. The maximum Gasteiger partial charge on any atom is 0.323 e. The van der Waals surface area contributed by atoms with Crippen molar-refractivity contribution in [3.8, 4) is 17.0 Å². The average molecular weight is 462 g/mol. The Bertz CT molecular complexity index is 1040. The zero-order valence-corrected chi connectivity index (χ0v) is 19.6. The number of esters is 1. The molecule has 0 aliphatic carbocycles. The summed E-state index contributed by atoms with van der Waals surface area (Å²) in [6, 6.07) is 20.3. The molecule has 0 saturated carbocycles. The van der Waals surface area contributed by atoms with E-state index in [4.69, 9.17) is 9.47 Å². The minimum absolute atomic E-state index is 0.153. The van der Waals surface area contributed by atoms with E-state index in [-0.39, 0.29) is 17.9 Å². The first-order valence-corrected chi connectivity index (χ1v) is 11.5. The Morgan fingerprint density at radius 2 is 1.74 bits per heavy atom. The van der Waals surface area contributed by atoms with Crippen LogP contribution in [0.15, 0.2) is 72.9 Å². The molecule has 7 nitrogen and oxygen atoms in total. The molecule has 0 radical (unpaired) electrons. The third kappa shape index (κ3) is 7.42. The van der Waals surface area contributed by atoms with E-state index in [0.29, 0.717) is 44.0 Å². The molecule has 1 amide bonds. The first kappa shape index (κ1) is 24.9. The topological polar surface area (TPSA) is 89.5 Å². The largest absolute Gasteiger partial charge is 0.492 e. The summed E-state index contributed by atoms with van der Waals surface area (Å²) >= 11 is 0. The SMILES string of the molecule is CCNC(Cc1ccc(OCCNC(=O)c2ccc(-c3ccccn3)cc2)cc1)C(=O)OCC. The number of pyridine rings is 1. The van der Waals surface area contributed by atoms with Crippen molar-refractivity contribution < 1.29 is 19.1 Å². The Kier molecular flexibility index (Phi) is 9.61. The van der Waals surface area contributed by atoms with Gasteiger partial charge in [0.1, 0.15) is 18.4 Å². The highest BCUT2D eigenvalue weighted by Crippen LogP contribution is 2.17. The van der Waals surface area contributed by atoms with Gasteiger partial charge in [0, 0.05) is 17.3 Å². The second-order valence-corrected chi connectivity index (χ2v) is 7.61. The molecular formula is C27H31N3O4. The van der Waals surface area contributed by atoms with E-state index in [9.17, 15) is 9.59 Å². The highest BCUT2D eigenvalue weighted by Gasteiger charge is 2.18. The molecule has 0 fully saturated rings. The minimum Gasteiger partial charge on any atom is -0.492 e. The maximum absolute atomic E-state index is 12.4. The van der Waals surface area contributed by atoms with Crippen LogP contribution in [0.2, 0.25) is 0 Å². The van der Waals surface area contributed by atoms with Gasteiger partial charge in [-0.1, -0.05) is 37.3 Å². The number of benzene rings is 2. The molecule has 2 aromatic carbocycles. The van der Waals surface area contributed by atoms with Gasteiger partial charge in [0.05, 0.1) is 18.8 Å². The molecule has 1 heterocycles. The first-order chi connectivity index (χ1) is 16.6. The predicted octanol–water partition coefficient (Wildman–Crippen LogP) is 3.64. The molecule has 3 rings (SSSR count). The van der Waals surface area contributed by atoms with Crippen molar-refractivity contribution in [1.29, 1.82) is 0 Å². The Labute approximate surface area is 200 Å². The summed E-state index contributed by atoms with van der Waals surface area (Å²) in [7, 11) is 0. The Balaban J connectivity index is 1.43. The quantitative estimate of drug-likeness (QED) is 0.316. The molecule has 3 aromatic rings. The lowest BCUT2D eigenvalue weighted by molar-refractivity contribution is -0.145. The first-order valence-electron chi connectivity index (χ1n) is 11.5. The lowest BCUT2D eigenvalue weighted by Crippen LogP contribution is -2.39. The van der Waals surface area contributed by atoms with E-state index in [1.165, 1.54) is 0 Å². The Hall–Kier alpha value is -3.71. The van der Waals surface area contributed by atoms with Gasteiger partial charge in [0.25, 0.3) is 5.91 Å². The molecule has 0 spiro atoms. The molecule has 34 heavy (non-hydrogen) atoms. The number of rotatable bonds is 12. The number of likely N-dealkylation sites (N-methyl/N-ethyl adjacent to an activating group) is 1. The second kappa shape index (κ2) is 13.1. The number of ether oxygens (including phenoxy) is 2. The van der Waals surface area contributed by atoms with Crippen LogP contribution in [0.5, 0.6) is 5.75 Å². The number of nitrogens with zero attached hydrogens (tertiary/aromatic N) is 1. The lowest BCUT2D eigenvalue weighted by atomic mass is 10.1. The summed E-state index contributed by atoms with van der Waals surface area (Å²) in [6.07, 6.45) is 2.29. The summed E-state index contributed by atoms with van der Waals surface area (Å²) in [5.41, 5.74) is 3.42. The number of nitrogens with one attached hydrogen (secondary N) is 2. The molecule has 1 unspecified atom stereocenters. The monoisotopic (exact) mass is 461 g/mol. The van der Waals surface area contributed by atoms with Crippen LogP contribution in [0.25, 0.3) is 11.3 Å². The van der Waals surface area contributed by atoms with Crippen molar-refractivity contribution in [2.75, 3.05) is 26.3 Å². The van der Waals surface area contributed by atoms with Gasteiger partial charge in [-0.25, -0.2) is 0 Å². The molecule has 1 aromatic heterocycles. The minimum atomic E-state index is -0.370. The Morgan fingerprint density at radius 3 is 2.38 bits per heavy atom. The van der Waals surface area contributed by atoms with Gasteiger partial charge < -0.3 is 20.1 Å². The lowest BCUT2D eigenvalue weighted by Gasteiger charge is -2.16. The zero-order chi connectivity index (χ0) is 24.2. The van der Waals surface area contributed by atoms with Crippen LogP contribution in [0.4, 0.5) is 0 Å². The third-order valence-corrected chi connectivity index (χ3v) is 5.15. The van der Waals surface area contributed by atoms with Gasteiger partial charge in [-0.3, -0.25) is 14.6 Å². The van der Waals surface area contributed by atoms with Gasteiger partial charge in [0.15, 0.2) is 0 Å². The standard InChI is InChI=1S/C27H31N3O4/c1-3-28-25(27(32)33-4-2)19-20-8-14-23(15-9-20)34-18-17-30-26(31)22-12-10-21(11-13-22)24-7-5-6-16-29-24/h5-16,25,28H,3-4,17-19H2,1-2H3,(H,30,31). The summed E-state index contributed by atoms with van der Waals surface area (Å²) in [4.78, 5) is 28.8. The molecular weight excluding hydrogens is 430 g/mol. The number of carbonyl (C=O) groups is 2. The molecule has 1 atom stereocenters. The average Bonchev–Trinajstić information content (AvgIpc) is 2.88. The molecule has 0 saturated heterocycles. The van der Waals surface area contributed by atoms with Crippen LogP contribution in [0, 0.1) is 0 Å². The zero-order valence-electron chi connectivity index (χ0n) is 19.6. The van der Waals surface area contributed by atoms with Crippen molar-refractivity contribution in [2.45, 2.75) is 26.3 Å². The van der Waals surface area contributed by atoms with Crippen LogP contribution < -0.4 is 15.4 Å². The van der Waals surface area contributed by atoms with Crippen LogP contribution in [-0.4, -0.2) is 49.2 Å². The van der Waals surface area contributed by atoms with Crippen LogP contribution in [-0.2, 0) is 16.0 Å². The summed E-state index contributed by atoms with van der Waals surface area (Å²) in [5, 5.41) is 6.02. The summed E-state index contributed by atoms with van der Waals surface area (Å²) in [6.45, 7) is 5.53. The van der Waals surface area contributed by atoms with Crippen molar-refractivity contribution >= 4 is 11.9 Å². The number of aromatic nitrogens is 1. The van der Waals surface area contributed by atoms with Gasteiger partial charge in [-0.05, 0) is 61.9 Å². The molecule has 0 aliphatic rings. The van der Waals surface area contributed by atoms with Crippen LogP contribution in [0.1, 0.15) is 29.8 Å². The highest BCUT2D eigenvalue weighted by atomic mass is 16.5. The fraction of sp³-hybridized carbons (Fsp3) is 0.296. The molecule has 0 aliphatic heterocycles. The number of hydrogen-bond donors (Lipinski definition) is 2. The maximum atomic E-state index is 12.4. The molecule has 2 N–H and O–H groups in total. The van der Waals surface area contributed by atoms with E-state index in [2.05, 4.69) is 15.6 Å². The van der Waals surface area contributed by atoms with E-state index < -0.39 is 0 Å². The fourth-order valence-electron chi connectivity index (χ4n) is 3.45. The number of carbonyl (C=O) groups excluding carboxylic acids is 2. The number of hydrogen-bond acceptors (Lipinski definition) is 6. The molecule has 178 valence electrons. The summed E-state index contributed by atoms with van der Waals surface area (Å²) < 4.78 is 10.9. The van der Waals surface area contributed by atoms with Crippen molar-refractivity contribution in [1.82, 2.24) is 15.6 Å². The van der Waals surface area contributed by atoms with Crippen molar-refractivity contribution in [2.24, 2.45) is 0 Å². The third-order valence-electron chi connectivity index (χ3n) is 5.15. The van der Waals surface area contributed by atoms with Gasteiger partial charge in [-0.15, -0.1) is 0 Å². The predicted molar refractivity (Wildman–Crippen MR) is 132 cm³/mol. The van der Waals surface area contributed by atoms with Crippen LogP contribution >= 0.6 is 0 Å². The van der Waals surface area contributed by atoms with E-state index in [1.54, 1.807) is 25.3 Å².